The third kappa shape index (κ3) is 4.37. The van der Waals surface area contributed by atoms with Crippen molar-refractivity contribution in [3.8, 4) is 11.4 Å². The highest BCUT2D eigenvalue weighted by molar-refractivity contribution is 5.58. The van der Waals surface area contributed by atoms with Gasteiger partial charge in [-0.3, -0.25) is 0 Å². The number of benzene rings is 2. The zero-order valence-electron chi connectivity index (χ0n) is 13.6. The number of hydrogen-bond donors (Lipinski definition) is 2. The summed E-state index contributed by atoms with van der Waals surface area (Å²) in [6.45, 7) is 0.211. The molecule has 2 aromatic carbocycles. The first kappa shape index (κ1) is 17.9. The third-order valence-corrected chi connectivity index (χ3v) is 3.76. The SMILES string of the molecule is OC(CNc1ccnc(-c2cccc(C(F)(F)F)c2)n1)c1ccccc1. The highest BCUT2D eigenvalue weighted by Gasteiger charge is 2.30. The van der Waals surface area contributed by atoms with Crippen LogP contribution in [0.15, 0.2) is 66.9 Å². The predicted octanol–water partition coefficient (Wildman–Crippen LogP) is 4.31. The smallest absolute Gasteiger partial charge is 0.387 e. The molecule has 1 unspecified atom stereocenters. The fourth-order valence-electron chi connectivity index (χ4n) is 2.43. The monoisotopic (exact) mass is 359 g/mol. The molecule has 0 amide bonds. The van der Waals surface area contributed by atoms with Crippen molar-refractivity contribution in [2.24, 2.45) is 0 Å². The second-order valence-electron chi connectivity index (χ2n) is 5.65. The van der Waals surface area contributed by atoms with E-state index in [0.717, 1.165) is 17.7 Å². The van der Waals surface area contributed by atoms with Crippen LogP contribution < -0.4 is 5.32 Å². The van der Waals surface area contributed by atoms with Gasteiger partial charge in [-0.25, -0.2) is 9.97 Å². The fourth-order valence-corrected chi connectivity index (χ4v) is 2.43. The Morgan fingerprint density at radius 2 is 1.77 bits per heavy atom. The number of halogens is 3. The molecule has 3 aromatic rings. The van der Waals surface area contributed by atoms with Crippen molar-refractivity contribution in [2.45, 2.75) is 12.3 Å². The van der Waals surface area contributed by atoms with Gasteiger partial charge in [0.05, 0.1) is 11.7 Å². The van der Waals surface area contributed by atoms with Crippen LogP contribution in [-0.2, 0) is 6.18 Å². The Balaban J connectivity index is 1.75. The summed E-state index contributed by atoms with van der Waals surface area (Å²) in [5, 5.41) is 13.1. The molecular weight excluding hydrogens is 343 g/mol. The largest absolute Gasteiger partial charge is 0.416 e. The summed E-state index contributed by atoms with van der Waals surface area (Å²) in [5.74, 6) is 0.595. The highest BCUT2D eigenvalue weighted by Crippen LogP contribution is 2.31. The van der Waals surface area contributed by atoms with E-state index >= 15 is 0 Å². The van der Waals surface area contributed by atoms with E-state index in [-0.39, 0.29) is 17.9 Å². The second-order valence-corrected chi connectivity index (χ2v) is 5.65. The van der Waals surface area contributed by atoms with E-state index < -0.39 is 17.8 Å². The lowest BCUT2D eigenvalue weighted by Gasteiger charge is -2.13. The van der Waals surface area contributed by atoms with Gasteiger partial charge in [0.2, 0.25) is 0 Å². The standard InChI is InChI=1S/C19H16F3N3O/c20-19(21,22)15-8-4-7-14(11-15)18-23-10-9-17(25-18)24-12-16(26)13-5-2-1-3-6-13/h1-11,16,26H,12H2,(H,23,24,25). The van der Waals surface area contributed by atoms with Crippen LogP contribution in [0.5, 0.6) is 0 Å². The normalized spacial score (nSPS) is 12.6. The van der Waals surface area contributed by atoms with Crippen LogP contribution in [0.2, 0.25) is 0 Å². The molecule has 26 heavy (non-hydrogen) atoms. The van der Waals surface area contributed by atoms with Crippen LogP contribution in [0.1, 0.15) is 17.2 Å². The van der Waals surface area contributed by atoms with E-state index in [4.69, 9.17) is 0 Å². The molecule has 0 fully saturated rings. The Hall–Kier alpha value is -2.93. The molecule has 4 nitrogen and oxygen atoms in total. The molecule has 134 valence electrons. The molecule has 2 N–H and O–H groups in total. The number of anilines is 1. The van der Waals surface area contributed by atoms with Crippen LogP contribution in [0.3, 0.4) is 0 Å². The summed E-state index contributed by atoms with van der Waals surface area (Å²) in [5.41, 5.74) is 0.274. The quantitative estimate of drug-likeness (QED) is 0.713. The lowest BCUT2D eigenvalue weighted by atomic mass is 10.1. The zero-order chi connectivity index (χ0) is 18.6. The Morgan fingerprint density at radius 1 is 1.00 bits per heavy atom. The molecule has 1 atom stereocenters. The van der Waals surface area contributed by atoms with Gasteiger partial charge in [-0.05, 0) is 23.8 Å². The van der Waals surface area contributed by atoms with Gasteiger partial charge >= 0.3 is 6.18 Å². The van der Waals surface area contributed by atoms with Crippen molar-refractivity contribution in [2.75, 3.05) is 11.9 Å². The summed E-state index contributed by atoms with van der Waals surface area (Å²) in [7, 11) is 0. The van der Waals surface area contributed by atoms with Gasteiger partial charge in [0.15, 0.2) is 5.82 Å². The minimum atomic E-state index is -4.42. The maximum atomic E-state index is 12.9. The van der Waals surface area contributed by atoms with Gasteiger partial charge in [0.25, 0.3) is 0 Å². The molecule has 0 saturated heterocycles. The van der Waals surface area contributed by atoms with Crippen LogP contribution in [0.4, 0.5) is 19.0 Å². The molecule has 0 saturated carbocycles. The Labute approximate surface area is 148 Å². The molecule has 0 aliphatic carbocycles. The average Bonchev–Trinajstić information content (AvgIpc) is 2.66. The van der Waals surface area contributed by atoms with E-state index in [1.807, 2.05) is 18.2 Å². The Morgan fingerprint density at radius 3 is 2.50 bits per heavy atom. The number of aromatic nitrogens is 2. The topological polar surface area (TPSA) is 58.0 Å². The first-order chi connectivity index (χ1) is 12.4. The van der Waals surface area contributed by atoms with Crippen molar-refractivity contribution >= 4 is 5.82 Å². The Kier molecular flexibility index (Phi) is 5.18. The average molecular weight is 359 g/mol. The lowest BCUT2D eigenvalue weighted by Crippen LogP contribution is -2.13. The van der Waals surface area contributed by atoms with Gasteiger partial charge in [0.1, 0.15) is 5.82 Å². The van der Waals surface area contributed by atoms with Gasteiger partial charge in [0, 0.05) is 18.3 Å². The van der Waals surface area contributed by atoms with Crippen molar-refractivity contribution < 1.29 is 18.3 Å². The molecule has 3 rings (SSSR count). The maximum Gasteiger partial charge on any atom is 0.416 e. The number of aliphatic hydroxyl groups excluding tert-OH is 1. The number of nitrogens with zero attached hydrogens (tertiary/aromatic N) is 2. The minimum Gasteiger partial charge on any atom is -0.387 e. The van der Waals surface area contributed by atoms with Gasteiger partial charge < -0.3 is 10.4 Å². The zero-order valence-corrected chi connectivity index (χ0v) is 13.6. The number of aliphatic hydroxyl groups is 1. The van der Waals surface area contributed by atoms with E-state index in [1.54, 1.807) is 18.2 Å². The van der Waals surface area contributed by atoms with Crippen molar-refractivity contribution in [1.82, 2.24) is 9.97 Å². The summed E-state index contributed by atoms with van der Waals surface area (Å²) in [6, 6.07) is 15.6. The highest BCUT2D eigenvalue weighted by atomic mass is 19.4. The van der Waals surface area contributed by atoms with E-state index in [9.17, 15) is 18.3 Å². The third-order valence-electron chi connectivity index (χ3n) is 3.76. The molecule has 0 spiro atoms. The fraction of sp³-hybridized carbons (Fsp3) is 0.158. The van der Waals surface area contributed by atoms with Gasteiger partial charge in [-0.2, -0.15) is 13.2 Å². The van der Waals surface area contributed by atoms with E-state index in [2.05, 4.69) is 15.3 Å². The van der Waals surface area contributed by atoms with Crippen molar-refractivity contribution in [3.63, 3.8) is 0 Å². The number of rotatable bonds is 5. The van der Waals surface area contributed by atoms with Crippen LogP contribution >= 0.6 is 0 Å². The molecular formula is C19H16F3N3O. The maximum absolute atomic E-state index is 12.9. The molecule has 0 bridgehead atoms. The Bertz CT molecular complexity index is 869. The predicted molar refractivity (Wildman–Crippen MR) is 92.4 cm³/mol. The summed E-state index contributed by atoms with van der Waals surface area (Å²) >= 11 is 0. The lowest BCUT2D eigenvalue weighted by molar-refractivity contribution is -0.137. The molecule has 7 heteroatoms. The molecule has 0 aliphatic rings. The summed E-state index contributed by atoms with van der Waals surface area (Å²) in [6.07, 6.45) is -3.70. The van der Waals surface area contributed by atoms with Gasteiger partial charge in [-0.1, -0.05) is 42.5 Å². The van der Waals surface area contributed by atoms with Crippen molar-refractivity contribution in [3.05, 3.63) is 78.0 Å². The van der Waals surface area contributed by atoms with Crippen molar-refractivity contribution in [1.29, 1.82) is 0 Å². The van der Waals surface area contributed by atoms with E-state index in [0.29, 0.717) is 5.82 Å². The molecule has 1 heterocycles. The summed E-state index contributed by atoms with van der Waals surface area (Å²) < 4.78 is 38.6. The number of alkyl halides is 3. The summed E-state index contributed by atoms with van der Waals surface area (Å²) in [4.78, 5) is 8.27. The molecule has 0 aliphatic heterocycles. The molecule has 1 aromatic heterocycles. The van der Waals surface area contributed by atoms with Crippen LogP contribution in [0.25, 0.3) is 11.4 Å². The van der Waals surface area contributed by atoms with Gasteiger partial charge in [-0.15, -0.1) is 0 Å². The number of nitrogens with one attached hydrogen (secondary N) is 1. The first-order valence-electron chi connectivity index (χ1n) is 7.91. The minimum absolute atomic E-state index is 0.176. The van der Waals surface area contributed by atoms with Crippen LogP contribution in [-0.4, -0.2) is 21.6 Å². The second kappa shape index (κ2) is 7.53. The van der Waals surface area contributed by atoms with Crippen LogP contribution in [0, 0.1) is 0 Å². The molecule has 0 radical (unpaired) electrons. The van der Waals surface area contributed by atoms with E-state index in [1.165, 1.54) is 18.3 Å². The number of hydrogen-bond acceptors (Lipinski definition) is 4. The first-order valence-corrected chi connectivity index (χ1v) is 7.91.